The Morgan fingerprint density at radius 3 is 2.72 bits per heavy atom. The van der Waals surface area contributed by atoms with E-state index in [0.29, 0.717) is 12.0 Å². The van der Waals surface area contributed by atoms with E-state index in [1.54, 1.807) is 13.0 Å². The minimum Gasteiger partial charge on any atom is -0.486 e. The van der Waals surface area contributed by atoms with Crippen LogP contribution >= 0.6 is 0 Å². The molecular formula is C12H15FO4S. The van der Waals surface area contributed by atoms with Crippen LogP contribution in [0.2, 0.25) is 0 Å². The highest BCUT2D eigenvalue weighted by molar-refractivity contribution is 7.91. The third-order valence-corrected chi connectivity index (χ3v) is 4.66. The molecule has 6 heteroatoms. The van der Waals surface area contributed by atoms with E-state index in [1.807, 2.05) is 0 Å². The third-order valence-electron chi connectivity index (χ3n) is 2.92. The maximum atomic E-state index is 13.7. The summed E-state index contributed by atoms with van der Waals surface area (Å²) in [5.74, 6) is -0.533. The van der Waals surface area contributed by atoms with Crippen LogP contribution in [0, 0.1) is 5.82 Å². The Labute approximate surface area is 105 Å². The molecule has 0 saturated carbocycles. The number of ether oxygens (including phenoxy) is 1. The second kappa shape index (κ2) is 4.85. The van der Waals surface area contributed by atoms with Gasteiger partial charge in [-0.3, -0.25) is 0 Å². The number of benzene rings is 1. The molecule has 0 spiro atoms. The monoisotopic (exact) mass is 274 g/mol. The van der Waals surface area contributed by atoms with Crippen molar-refractivity contribution in [1.29, 1.82) is 0 Å². The number of sulfone groups is 1. The molecule has 0 bridgehead atoms. The summed E-state index contributed by atoms with van der Waals surface area (Å²) in [6.07, 6.45) is -0.845. The number of hydrogen-bond acceptors (Lipinski definition) is 4. The predicted molar refractivity (Wildman–Crippen MR) is 64.7 cm³/mol. The van der Waals surface area contributed by atoms with Crippen LogP contribution in [0.3, 0.4) is 0 Å². The molecule has 2 atom stereocenters. The van der Waals surface area contributed by atoms with Gasteiger partial charge in [-0.2, -0.15) is 0 Å². The van der Waals surface area contributed by atoms with Gasteiger partial charge in [0.2, 0.25) is 0 Å². The van der Waals surface area contributed by atoms with Gasteiger partial charge in [0.1, 0.15) is 6.10 Å². The van der Waals surface area contributed by atoms with Crippen LogP contribution in [0.15, 0.2) is 18.2 Å². The molecule has 2 rings (SSSR count). The molecule has 1 heterocycles. The van der Waals surface area contributed by atoms with Crippen LogP contribution in [-0.4, -0.2) is 31.1 Å². The highest BCUT2D eigenvalue weighted by Gasteiger charge is 2.29. The minimum absolute atomic E-state index is 0.0292. The number of hydrogen-bond donors (Lipinski definition) is 1. The lowest BCUT2D eigenvalue weighted by Gasteiger charge is -2.14. The summed E-state index contributed by atoms with van der Waals surface area (Å²) in [6.45, 7) is 1.54. The van der Waals surface area contributed by atoms with Gasteiger partial charge in [0.25, 0.3) is 0 Å². The minimum atomic E-state index is -3.04. The molecule has 4 nitrogen and oxygen atoms in total. The maximum absolute atomic E-state index is 13.7. The van der Waals surface area contributed by atoms with E-state index < -0.39 is 27.9 Å². The predicted octanol–water partition coefficient (Wildman–Crippen LogP) is 1.44. The summed E-state index contributed by atoms with van der Waals surface area (Å²) in [5.41, 5.74) is 0.457. The summed E-state index contributed by atoms with van der Waals surface area (Å²) >= 11 is 0. The lowest BCUT2D eigenvalue weighted by Crippen LogP contribution is -2.18. The second-order valence-corrected chi connectivity index (χ2v) is 6.74. The van der Waals surface area contributed by atoms with E-state index in [2.05, 4.69) is 0 Å². The summed E-state index contributed by atoms with van der Waals surface area (Å²) < 4.78 is 41.5. The first kappa shape index (κ1) is 13.3. The second-order valence-electron chi connectivity index (χ2n) is 4.51. The van der Waals surface area contributed by atoms with Gasteiger partial charge in [-0.05, 0) is 31.0 Å². The van der Waals surface area contributed by atoms with Gasteiger partial charge in [0, 0.05) is 0 Å². The van der Waals surface area contributed by atoms with Crippen molar-refractivity contribution in [3.8, 4) is 5.75 Å². The smallest absolute Gasteiger partial charge is 0.165 e. The molecular weight excluding hydrogens is 259 g/mol. The zero-order valence-electron chi connectivity index (χ0n) is 9.97. The Morgan fingerprint density at radius 2 is 2.22 bits per heavy atom. The fourth-order valence-electron chi connectivity index (χ4n) is 1.91. The average Bonchev–Trinajstić information content (AvgIpc) is 2.61. The first-order valence-electron chi connectivity index (χ1n) is 5.72. The van der Waals surface area contributed by atoms with E-state index in [4.69, 9.17) is 4.74 Å². The first-order valence-corrected chi connectivity index (χ1v) is 7.54. The van der Waals surface area contributed by atoms with Crippen molar-refractivity contribution in [1.82, 2.24) is 0 Å². The molecule has 1 aromatic carbocycles. The van der Waals surface area contributed by atoms with Crippen molar-refractivity contribution in [2.45, 2.75) is 25.6 Å². The molecule has 1 aromatic rings. The van der Waals surface area contributed by atoms with Crippen LogP contribution in [0.4, 0.5) is 4.39 Å². The molecule has 0 aliphatic carbocycles. The first-order chi connectivity index (χ1) is 8.37. The molecule has 0 radical (unpaired) electrons. The Bertz CT molecular complexity index is 539. The van der Waals surface area contributed by atoms with E-state index in [0.717, 1.165) is 0 Å². The van der Waals surface area contributed by atoms with Crippen LogP contribution in [0.1, 0.15) is 25.0 Å². The Kier molecular flexibility index (Phi) is 3.59. The van der Waals surface area contributed by atoms with Crippen molar-refractivity contribution >= 4 is 9.84 Å². The summed E-state index contributed by atoms with van der Waals surface area (Å²) in [7, 11) is -3.04. The number of rotatable bonds is 3. The Balaban J connectivity index is 2.11. The van der Waals surface area contributed by atoms with Crippen LogP contribution in [0.25, 0.3) is 0 Å². The quantitative estimate of drug-likeness (QED) is 0.906. The number of aliphatic hydroxyl groups is 1. The molecule has 0 aromatic heterocycles. The van der Waals surface area contributed by atoms with Gasteiger partial charge in [-0.15, -0.1) is 0 Å². The highest BCUT2D eigenvalue weighted by atomic mass is 32.2. The van der Waals surface area contributed by atoms with Crippen molar-refractivity contribution in [3.63, 3.8) is 0 Å². The summed E-state index contributed by atoms with van der Waals surface area (Å²) in [6, 6.07) is 4.18. The van der Waals surface area contributed by atoms with Crippen LogP contribution in [0.5, 0.6) is 5.75 Å². The molecule has 1 aliphatic rings. The molecule has 1 fully saturated rings. The molecule has 100 valence electrons. The van der Waals surface area contributed by atoms with E-state index in [9.17, 15) is 17.9 Å². The van der Waals surface area contributed by atoms with Crippen molar-refractivity contribution in [2.24, 2.45) is 0 Å². The van der Waals surface area contributed by atoms with Gasteiger partial charge >= 0.3 is 0 Å². The molecule has 2 unspecified atom stereocenters. The van der Waals surface area contributed by atoms with Crippen molar-refractivity contribution in [2.75, 3.05) is 11.5 Å². The Hall–Kier alpha value is -1.14. The van der Waals surface area contributed by atoms with Crippen LogP contribution in [-0.2, 0) is 9.84 Å². The standard InChI is InChI=1S/C12H15FO4S/c1-8(14)9-2-3-12(11(13)6-9)17-10-4-5-18(15,16)7-10/h2-3,6,8,10,14H,4-5,7H2,1H3. The number of aliphatic hydroxyl groups excluding tert-OH is 1. The molecule has 1 aliphatic heterocycles. The SMILES string of the molecule is CC(O)c1ccc(OC2CCS(=O)(=O)C2)c(F)c1. The number of halogens is 1. The van der Waals surface area contributed by atoms with Crippen molar-refractivity contribution < 1.29 is 22.7 Å². The van der Waals surface area contributed by atoms with Gasteiger partial charge in [-0.25, -0.2) is 12.8 Å². The van der Waals surface area contributed by atoms with Gasteiger partial charge in [-0.1, -0.05) is 6.07 Å². The van der Waals surface area contributed by atoms with E-state index >= 15 is 0 Å². The topological polar surface area (TPSA) is 63.6 Å². The van der Waals surface area contributed by atoms with Crippen molar-refractivity contribution in [3.05, 3.63) is 29.6 Å². The largest absolute Gasteiger partial charge is 0.486 e. The lowest BCUT2D eigenvalue weighted by atomic mass is 10.1. The average molecular weight is 274 g/mol. The molecule has 1 saturated heterocycles. The van der Waals surface area contributed by atoms with E-state index in [1.165, 1.54) is 12.1 Å². The zero-order chi connectivity index (χ0) is 13.3. The van der Waals surface area contributed by atoms with Gasteiger partial charge < -0.3 is 9.84 Å². The van der Waals surface area contributed by atoms with Gasteiger partial charge in [0.05, 0.1) is 17.6 Å². The normalized spacial score (nSPS) is 23.8. The van der Waals surface area contributed by atoms with E-state index in [-0.39, 0.29) is 17.3 Å². The van der Waals surface area contributed by atoms with Gasteiger partial charge in [0.15, 0.2) is 21.4 Å². The Morgan fingerprint density at radius 1 is 1.50 bits per heavy atom. The lowest BCUT2D eigenvalue weighted by molar-refractivity contribution is 0.197. The van der Waals surface area contributed by atoms with Crippen LogP contribution < -0.4 is 4.74 Å². The molecule has 18 heavy (non-hydrogen) atoms. The zero-order valence-corrected chi connectivity index (χ0v) is 10.8. The third kappa shape index (κ3) is 3.00. The molecule has 1 N–H and O–H groups in total. The maximum Gasteiger partial charge on any atom is 0.165 e. The molecule has 0 amide bonds. The summed E-state index contributed by atoms with van der Waals surface area (Å²) in [4.78, 5) is 0. The fraction of sp³-hybridized carbons (Fsp3) is 0.500. The summed E-state index contributed by atoms with van der Waals surface area (Å²) in [5, 5.41) is 9.31. The highest BCUT2D eigenvalue weighted by Crippen LogP contribution is 2.25. The fourth-order valence-corrected chi connectivity index (χ4v) is 3.50.